The molecule has 1 saturated heterocycles. The molecule has 1 fully saturated rings. The van der Waals surface area contributed by atoms with Crippen LogP contribution < -0.4 is 5.32 Å². The molecule has 0 aliphatic carbocycles. The van der Waals surface area contributed by atoms with Crippen molar-refractivity contribution < 1.29 is 4.79 Å². The van der Waals surface area contributed by atoms with Crippen molar-refractivity contribution in [1.29, 1.82) is 0 Å². The first-order valence-corrected chi connectivity index (χ1v) is 12.0. The minimum absolute atomic E-state index is 0.138. The SMILES string of the molecule is Cc1ccccc1-c1cccc(CC2(C(=O)NC(C)C)CCN(Cc3ccccn3)CC2)c1. The third kappa shape index (κ3) is 5.69. The van der Waals surface area contributed by atoms with E-state index < -0.39 is 0 Å². The third-order valence-electron chi connectivity index (χ3n) is 6.75. The monoisotopic (exact) mass is 441 g/mol. The van der Waals surface area contributed by atoms with Gasteiger partial charge >= 0.3 is 0 Å². The Labute approximate surface area is 198 Å². The van der Waals surface area contributed by atoms with E-state index in [1.807, 2.05) is 32.2 Å². The Bertz CT molecular complexity index is 1070. The van der Waals surface area contributed by atoms with Crippen molar-refractivity contribution in [1.82, 2.24) is 15.2 Å². The highest BCUT2D eigenvalue weighted by Gasteiger charge is 2.41. The molecule has 1 amide bonds. The van der Waals surface area contributed by atoms with Crippen molar-refractivity contribution >= 4 is 5.91 Å². The Morgan fingerprint density at radius 2 is 1.79 bits per heavy atom. The molecule has 1 aromatic heterocycles. The number of benzene rings is 2. The topological polar surface area (TPSA) is 45.2 Å². The van der Waals surface area contributed by atoms with Crippen LogP contribution in [0.2, 0.25) is 0 Å². The molecule has 4 heteroatoms. The summed E-state index contributed by atoms with van der Waals surface area (Å²) in [5.74, 6) is 0.191. The summed E-state index contributed by atoms with van der Waals surface area (Å²) in [5.41, 5.74) is 5.68. The molecular weight excluding hydrogens is 406 g/mol. The molecule has 2 heterocycles. The van der Waals surface area contributed by atoms with Gasteiger partial charge in [0.2, 0.25) is 5.91 Å². The van der Waals surface area contributed by atoms with Crippen LogP contribution >= 0.6 is 0 Å². The Morgan fingerprint density at radius 1 is 1.03 bits per heavy atom. The first-order chi connectivity index (χ1) is 15.9. The summed E-state index contributed by atoms with van der Waals surface area (Å²) in [5, 5.41) is 3.22. The largest absolute Gasteiger partial charge is 0.353 e. The van der Waals surface area contributed by atoms with Gasteiger partial charge in [0, 0.05) is 18.8 Å². The highest BCUT2D eigenvalue weighted by atomic mass is 16.2. The van der Waals surface area contributed by atoms with Gasteiger partial charge in [0.25, 0.3) is 0 Å². The van der Waals surface area contributed by atoms with E-state index in [1.165, 1.54) is 22.3 Å². The Hall–Kier alpha value is -2.98. The number of piperidine rings is 1. The number of amides is 1. The van der Waals surface area contributed by atoms with Crippen molar-refractivity contribution in [2.75, 3.05) is 13.1 Å². The number of pyridine rings is 1. The van der Waals surface area contributed by atoms with E-state index in [9.17, 15) is 4.79 Å². The molecule has 3 aromatic rings. The number of hydrogen-bond acceptors (Lipinski definition) is 3. The average Bonchev–Trinajstić information content (AvgIpc) is 2.81. The molecule has 33 heavy (non-hydrogen) atoms. The van der Waals surface area contributed by atoms with Gasteiger partial charge in [-0.1, -0.05) is 54.6 Å². The standard InChI is InChI=1S/C29H35N3O/c1-22(2)31-28(33)29(14-17-32(18-15-29)21-26-12-6-7-16-30-26)20-24-10-8-11-25(19-24)27-13-5-4-9-23(27)3/h4-13,16,19,22H,14-15,17-18,20-21H2,1-3H3,(H,31,33). The van der Waals surface area contributed by atoms with E-state index in [1.54, 1.807) is 0 Å². The van der Waals surface area contributed by atoms with Crippen LogP contribution in [-0.4, -0.2) is 34.9 Å². The van der Waals surface area contributed by atoms with Gasteiger partial charge in [-0.15, -0.1) is 0 Å². The Kier molecular flexibility index (Phi) is 7.24. The molecule has 1 aliphatic rings. The van der Waals surface area contributed by atoms with Gasteiger partial charge in [0.05, 0.1) is 11.1 Å². The van der Waals surface area contributed by atoms with Gasteiger partial charge in [-0.25, -0.2) is 0 Å². The van der Waals surface area contributed by atoms with Crippen LogP contribution in [0.1, 0.15) is 43.5 Å². The smallest absolute Gasteiger partial charge is 0.226 e. The van der Waals surface area contributed by atoms with Gasteiger partial charge in [-0.2, -0.15) is 0 Å². The third-order valence-corrected chi connectivity index (χ3v) is 6.75. The second kappa shape index (κ2) is 10.3. The molecule has 1 N–H and O–H groups in total. The van der Waals surface area contributed by atoms with Crippen molar-refractivity contribution in [3.05, 3.63) is 89.7 Å². The molecule has 0 spiro atoms. The molecule has 0 unspecified atom stereocenters. The minimum Gasteiger partial charge on any atom is -0.353 e. The molecule has 0 atom stereocenters. The lowest BCUT2D eigenvalue weighted by molar-refractivity contribution is -0.134. The Balaban J connectivity index is 1.54. The molecule has 2 aromatic carbocycles. The number of nitrogens with one attached hydrogen (secondary N) is 1. The highest BCUT2D eigenvalue weighted by Crippen LogP contribution is 2.37. The van der Waals surface area contributed by atoms with Crippen molar-refractivity contribution in [3.8, 4) is 11.1 Å². The van der Waals surface area contributed by atoms with E-state index in [0.717, 1.165) is 44.6 Å². The maximum Gasteiger partial charge on any atom is 0.226 e. The van der Waals surface area contributed by atoms with Crippen LogP contribution in [0.5, 0.6) is 0 Å². The lowest BCUT2D eigenvalue weighted by atomic mass is 9.72. The Morgan fingerprint density at radius 3 is 2.48 bits per heavy atom. The van der Waals surface area contributed by atoms with Crippen molar-refractivity contribution in [3.63, 3.8) is 0 Å². The summed E-state index contributed by atoms with van der Waals surface area (Å²) in [4.78, 5) is 20.4. The van der Waals surface area contributed by atoms with E-state index >= 15 is 0 Å². The van der Waals surface area contributed by atoms with Crippen molar-refractivity contribution in [2.45, 2.75) is 52.6 Å². The second-order valence-corrected chi connectivity index (χ2v) is 9.70. The first kappa shape index (κ1) is 23.2. The molecule has 0 saturated carbocycles. The molecule has 0 radical (unpaired) electrons. The number of carbonyl (C=O) groups is 1. The van der Waals surface area contributed by atoms with E-state index in [-0.39, 0.29) is 17.4 Å². The van der Waals surface area contributed by atoms with Gasteiger partial charge in [-0.05, 0) is 87.5 Å². The predicted molar refractivity (Wildman–Crippen MR) is 135 cm³/mol. The van der Waals surface area contributed by atoms with Gasteiger partial charge in [0.1, 0.15) is 0 Å². The number of likely N-dealkylation sites (tertiary alicyclic amines) is 1. The van der Waals surface area contributed by atoms with Crippen LogP contribution in [0.3, 0.4) is 0 Å². The van der Waals surface area contributed by atoms with Crippen LogP contribution in [0.4, 0.5) is 0 Å². The van der Waals surface area contributed by atoms with Gasteiger partial charge in [-0.3, -0.25) is 14.7 Å². The number of hydrogen-bond donors (Lipinski definition) is 1. The quantitative estimate of drug-likeness (QED) is 0.533. The lowest BCUT2D eigenvalue weighted by Gasteiger charge is -2.41. The number of aryl methyl sites for hydroxylation is 1. The zero-order chi connectivity index (χ0) is 23.3. The van der Waals surface area contributed by atoms with Crippen LogP contribution in [0.15, 0.2) is 72.9 Å². The number of rotatable bonds is 7. The zero-order valence-corrected chi connectivity index (χ0v) is 20.1. The molecule has 1 aliphatic heterocycles. The van der Waals surface area contributed by atoms with Crippen LogP contribution in [0.25, 0.3) is 11.1 Å². The summed E-state index contributed by atoms with van der Waals surface area (Å²) < 4.78 is 0. The fourth-order valence-electron chi connectivity index (χ4n) is 4.90. The zero-order valence-electron chi connectivity index (χ0n) is 20.1. The maximum absolute atomic E-state index is 13.5. The predicted octanol–water partition coefficient (Wildman–Crippen LogP) is 5.41. The summed E-state index contributed by atoms with van der Waals surface area (Å²) in [7, 11) is 0. The molecule has 4 rings (SSSR count). The normalized spacial score (nSPS) is 16.0. The average molecular weight is 442 g/mol. The fraction of sp³-hybridized carbons (Fsp3) is 0.379. The van der Waals surface area contributed by atoms with E-state index in [2.05, 4.69) is 76.7 Å². The summed E-state index contributed by atoms with van der Waals surface area (Å²) in [6.07, 6.45) is 4.32. The molecule has 0 bridgehead atoms. The van der Waals surface area contributed by atoms with E-state index in [0.29, 0.717) is 0 Å². The van der Waals surface area contributed by atoms with Crippen LogP contribution in [-0.2, 0) is 17.8 Å². The summed E-state index contributed by atoms with van der Waals surface area (Å²) in [6, 6.07) is 23.4. The first-order valence-electron chi connectivity index (χ1n) is 12.0. The fourth-order valence-corrected chi connectivity index (χ4v) is 4.90. The number of carbonyl (C=O) groups excluding carboxylic acids is 1. The molecule has 4 nitrogen and oxygen atoms in total. The second-order valence-electron chi connectivity index (χ2n) is 9.70. The molecular formula is C29H35N3O. The number of nitrogens with zero attached hydrogens (tertiary/aromatic N) is 2. The summed E-state index contributed by atoms with van der Waals surface area (Å²) in [6.45, 7) is 8.88. The number of aromatic nitrogens is 1. The van der Waals surface area contributed by atoms with Gasteiger partial charge < -0.3 is 5.32 Å². The van der Waals surface area contributed by atoms with E-state index in [4.69, 9.17) is 0 Å². The van der Waals surface area contributed by atoms with Crippen molar-refractivity contribution in [2.24, 2.45) is 5.41 Å². The summed E-state index contributed by atoms with van der Waals surface area (Å²) >= 11 is 0. The maximum atomic E-state index is 13.5. The van der Waals surface area contributed by atoms with Gasteiger partial charge in [0.15, 0.2) is 0 Å². The lowest BCUT2D eigenvalue weighted by Crippen LogP contribution is -2.51. The molecule has 172 valence electrons. The minimum atomic E-state index is -0.380. The highest BCUT2D eigenvalue weighted by molar-refractivity contribution is 5.83. The van der Waals surface area contributed by atoms with Crippen LogP contribution in [0, 0.1) is 12.3 Å².